The number of nitrogens with one attached hydrogen (secondary N) is 1. The molecule has 2 aromatic rings. The fourth-order valence-electron chi connectivity index (χ4n) is 2.04. The van der Waals surface area contributed by atoms with Crippen molar-refractivity contribution in [2.24, 2.45) is 5.10 Å². The Morgan fingerprint density at radius 1 is 1.12 bits per heavy atom. The van der Waals surface area contributed by atoms with Crippen LogP contribution in [0.4, 0.5) is 0 Å². The Kier molecular flexibility index (Phi) is 7.29. The predicted octanol–water partition coefficient (Wildman–Crippen LogP) is 4.29. The molecule has 2 aromatic carbocycles. The lowest BCUT2D eigenvalue weighted by Gasteiger charge is -2.11. The van der Waals surface area contributed by atoms with E-state index in [9.17, 15) is 4.79 Å². The summed E-state index contributed by atoms with van der Waals surface area (Å²) in [6, 6.07) is 12.1. The van der Waals surface area contributed by atoms with E-state index in [1.807, 2.05) is 32.0 Å². The Morgan fingerprint density at radius 2 is 1.88 bits per heavy atom. The third-order valence-corrected chi connectivity index (χ3v) is 3.47. The molecule has 25 heavy (non-hydrogen) atoms. The summed E-state index contributed by atoms with van der Waals surface area (Å²) in [5.41, 5.74) is 3.76. The average molecular weight is 361 g/mol. The van der Waals surface area contributed by atoms with Crippen LogP contribution >= 0.6 is 11.6 Å². The van der Waals surface area contributed by atoms with Gasteiger partial charge in [0.2, 0.25) is 0 Å². The third kappa shape index (κ3) is 5.80. The molecule has 2 rings (SSSR count). The van der Waals surface area contributed by atoms with E-state index < -0.39 is 0 Å². The van der Waals surface area contributed by atoms with Crippen molar-refractivity contribution in [3.63, 3.8) is 0 Å². The Labute approximate surface area is 152 Å². The van der Waals surface area contributed by atoms with Gasteiger partial charge < -0.3 is 9.47 Å². The lowest BCUT2D eigenvalue weighted by atomic mass is 10.2. The lowest BCUT2D eigenvalue weighted by Crippen LogP contribution is -2.17. The molecule has 0 aliphatic heterocycles. The molecule has 0 saturated carbocycles. The maximum Gasteiger partial charge on any atom is 0.271 e. The van der Waals surface area contributed by atoms with Gasteiger partial charge in [-0.1, -0.05) is 18.5 Å². The summed E-state index contributed by atoms with van der Waals surface area (Å²) in [6.07, 6.45) is 2.48. The van der Waals surface area contributed by atoms with Gasteiger partial charge in [0.15, 0.2) is 11.5 Å². The number of halogens is 1. The molecule has 0 unspecified atom stereocenters. The second kappa shape index (κ2) is 9.69. The molecule has 0 fully saturated rings. The number of hydrazone groups is 1. The molecular weight excluding hydrogens is 340 g/mol. The van der Waals surface area contributed by atoms with Gasteiger partial charge in [-0.05, 0) is 61.4 Å². The number of carbonyl (C=O) groups excluding carboxylic acids is 1. The fourth-order valence-corrected chi connectivity index (χ4v) is 2.16. The van der Waals surface area contributed by atoms with Gasteiger partial charge in [-0.2, -0.15) is 5.10 Å². The molecule has 0 spiro atoms. The van der Waals surface area contributed by atoms with Gasteiger partial charge in [-0.3, -0.25) is 4.79 Å². The van der Waals surface area contributed by atoms with E-state index in [1.165, 1.54) is 0 Å². The van der Waals surface area contributed by atoms with Crippen molar-refractivity contribution in [1.29, 1.82) is 0 Å². The number of carbonyl (C=O) groups is 1. The molecule has 0 bridgehead atoms. The molecule has 0 heterocycles. The number of hydrogen-bond acceptors (Lipinski definition) is 4. The highest BCUT2D eigenvalue weighted by molar-refractivity contribution is 6.30. The minimum absolute atomic E-state index is 0.305. The van der Waals surface area contributed by atoms with Crippen LogP contribution in [0.2, 0.25) is 5.02 Å². The van der Waals surface area contributed by atoms with Crippen LogP contribution in [-0.2, 0) is 0 Å². The first-order valence-corrected chi connectivity index (χ1v) is 8.50. The molecular formula is C19H21ClN2O3. The minimum atomic E-state index is -0.305. The first kappa shape index (κ1) is 18.8. The molecule has 132 valence electrons. The van der Waals surface area contributed by atoms with E-state index in [0.29, 0.717) is 35.3 Å². The van der Waals surface area contributed by atoms with E-state index in [2.05, 4.69) is 10.5 Å². The van der Waals surface area contributed by atoms with Crippen LogP contribution in [0.3, 0.4) is 0 Å². The van der Waals surface area contributed by atoms with Crippen molar-refractivity contribution in [2.45, 2.75) is 20.3 Å². The summed E-state index contributed by atoms with van der Waals surface area (Å²) in [7, 11) is 0. The number of ether oxygens (including phenoxy) is 2. The molecule has 1 amide bonds. The normalized spacial score (nSPS) is 10.7. The van der Waals surface area contributed by atoms with Crippen LogP contribution in [0, 0.1) is 0 Å². The fraction of sp³-hybridized carbons (Fsp3) is 0.263. The molecule has 0 atom stereocenters. The van der Waals surface area contributed by atoms with Crippen LogP contribution in [0.1, 0.15) is 36.2 Å². The van der Waals surface area contributed by atoms with E-state index >= 15 is 0 Å². The summed E-state index contributed by atoms with van der Waals surface area (Å²) in [5, 5.41) is 4.56. The van der Waals surface area contributed by atoms with E-state index in [1.54, 1.807) is 30.5 Å². The maximum absolute atomic E-state index is 12.0. The van der Waals surface area contributed by atoms with Gasteiger partial charge in [-0.25, -0.2) is 5.43 Å². The monoisotopic (exact) mass is 360 g/mol. The van der Waals surface area contributed by atoms with E-state index in [-0.39, 0.29) is 5.91 Å². The van der Waals surface area contributed by atoms with Gasteiger partial charge in [0.05, 0.1) is 19.4 Å². The molecule has 6 heteroatoms. The van der Waals surface area contributed by atoms with Gasteiger partial charge in [0, 0.05) is 10.6 Å². The molecule has 0 aromatic heterocycles. The van der Waals surface area contributed by atoms with Gasteiger partial charge in [-0.15, -0.1) is 0 Å². The molecule has 0 radical (unpaired) electrons. The van der Waals surface area contributed by atoms with Gasteiger partial charge in [0.25, 0.3) is 5.91 Å². The van der Waals surface area contributed by atoms with Crippen LogP contribution in [-0.4, -0.2) is 25.3 Å². The number of rotatable bonds is 8. The number of benzene rings is 2. The number of amides is 1. The maximum atomic E-state index is 12.0. The van der Waals surface area contributed by atoms with Crippen molar-refractivity contribution in [2.75, 3.05) is 13.2 Å². The van der Waals surface area contributed by atoms with Gasteiger partial charge >= 0.3 is 0 Å². The topological polar surface area (TPSA) is 59.9 Å². The minimum Gasteiger partial charge on any atom is -0.490 e. The zero-order valence-electron chi connectivity index (χ0n) is 14.3. The second-order valence-corrected chi connectivity index (χ2v) is 5.63. The molecule has 1 N–H and O–H groups in total. The third-order valence-electron chi connectivity index (χ3n) is 3.22. The number of nitrogens with zero attached hydrogens (tertiary/aromatic N) is 1. The van der Waals surface area contributed by atoms with Crippen molar-refractivity contribution in [1.82, 2.24) is 5.43 Å². The zero-order valence-corrected chi connectivity index (χ0v) is 15.0. The molecule has 0 saturated heterocycles. The average Bonchev–Trinajstić information content (AvgIpc) is 2.62. The molecule has 0 aliphatic carbocycles. The van der Waals surface area contributed by atoms with Crippen LogP contribution in [0.25, 0.3) is 0 Å². The summed E-state index contributed by atoms with van der Waals surface area (Å²) in [6.45, 7) is 5.13. The summed E-state index contributed by atoms with van der Waals surface area (Å²) in [4.78, 5) is 12.0. The zero-order chi connectivity index (χ0) is 18.1. The lowest BCUT2D eigenvalue weighted by molar-refractivity contribution is 0.0955. The predicted molar refractivity (Wildman–Crippen MR) is 99.9 cm³/mol. The standard InChI is InChI=1S/C19H21ClN2O3/c1-3-11-25-17-10-5-14(12-18(17)24-4-2)13-21-22-19(23)15-6-8-16(20)9-7-15/h5-10,12-13H,3-4,11H2,1-2H3,(H,22,23)/b21-13+. The summed E-state index contributed by atoms with van der Waals surface area (Å²) in [5.74, 6) is 1.05. The highest BCUT2D eigenvalue weighted by Crippen LogP contribution is 2.28. The largest absolute Gasteiger partial charge is 0.490 e. The Balaban J connectivity index is 2.03. The van der Waals surface area contributed by atoms with Crippen molar-refractivity contribution < 1.29 is 14.3 Å². The first-order chi connectivity index (χ1) is 12.1. The van der Waals surface area contributed by atoms with E-state index in [4.69, 9.17) is 21.1 Å². The quantitative estimate of drug-likeness (QED) is 0.564. The SMILES string of the molecule is CCCOc1ccc(/C=N/NC(=O)c2ccc(Cl)cc2)cc1OCC. The highest BCUT2D eigenvalue weighted by Gasteiger charge is 2.06. The highest BCUT2D eigenvalue weighted by atomic mass is 35.5. The Hall–Kier alpha value is -2.53. The van der Waals surface area contributed by atoms with Crippen LogP contribution in [0.5, 0.6) is 11.5 Å². The van der Waals surface area contributed by atoms with E-state index in [0.717, 1.165) is 12.0 Å². The summed E-state index contributed by atoms with van der Waals surface area (Å²) >= 11 is 5.80. The molecule has 0 aliphatic rings. The van der Waals surface area contributed by atoms with Crippen LogP contribution in [0.15, 0.2) is 47.6 Å². The first-order valence-electron chi connectivity index (χ1n) is 8.12. The Morgan fingerprint density at radius 3 is 2.56 bits per heavy atom. The molecule has 5 nitrogen and oxygen atoms in total. The van der Waals surface area contributed by atoms with Crippen molar-refractivity contribution in [3.05, 3.63) is 58.6 Å². The van der Waals surface area contributed by atoms with Crippen molar-refractivity contribution in [3.8, 4) is 11.5 Å². The number of hydrogen-bond donors (Lipinski definition) is 1. The van der Waals surface area contributed by atoms with Gasteiger partial charge in [0.1, 0.15) is 0 Å². The second-order valence-electron chi connectivity index (χ2n) is 5.19. The Bertz CT molecular complexity index is 730. The van der Waals surface area contributed by atoms with Crippen LogP contribution < -0.4 is 14.9 Å². The smallest absolute Gasteiger partial charge is 0.271 e. The summed E-state index contributed by atoms with van der Waals surface area (Å²) < 4.78 is 11.3. The van der Waals surface area contributed by atoms with Crippen molar-refractivity contribution >= 4 is 23.7 Å².